The molecule has 3 aromatic rings. The highest BCUT2D eigenvalue weighted by atomic mass is 79.9. The molecule has 33 heavy (non-hydrogen) atoms. The summed E-state index contributed by atoms with van der Waals surface area (Å²) < 4.78 is 17.7. The zero-order valence-electron chi connectivity index (χ0n) is 18.5. The molecule has 3 aromatic carbocycles. The molecular formula is C25H24BrClN2O4. The van der Waals surface area contributed by atoms with Crippen LogP contribution in [0.25, 0.3) is 0 Å². The molecule has 0 bridgehead atoms. The Hall–Kier alpha value is -3.03. The first kappa shape index (κ1) is 24.6. The fourth-order valence-corrected chi connectivity index (χ4v) is 3.71. The maximum atomic E-state index is 12.5. The van der Waals surface area contributed by atoms with Crippen LogP contribution in [0, 0.1) is 6.92 Å². The van der Waals surface area contributed by atoms with Gasteiger partial charge in [-0.05, 0) is 82.9 Å². The van der Waals surface area contributed by atoms with E-state index in [4.69, 9.17) is 25.8 Å². The predicted molar refractivity (Wildman–Crippen MR) is 134 cm³/mol. The molecule has 0 aliphatic carbocycles. The van der Waals surface area contributed by atoms with Crippen molar-refractivity contribution in [2.75, 3.05) is 13.7 Å². The van der Waals surface area contributed by atoms with E-state index in [0.717, 1.165) is 16.7 Å². The molecule has 0 unspecified atom stereocenters. The second-order valence-electron chi connectivity index (χ2n) is 7.08. The molecule has 0 heterocycles. The topological polar surface area (TPSA) is 69.2 Å². The Balaban J connectivity index is 1.73. The number of halogens is 2. The number of amides is 1. The molecule has 0 saturated heterocycles. The third kappa shape index (κ3) is 6.73. The second-order valence-corrected chi connectivity index (χ2v) is 8.37. The van der Waals surface area contributed by atoms with Crippen molar-refractivity contribution < 1.29 is 19.0 Å². The molecule has 8 heteroatoms. The van der Waals surface area contributed by atoms with Crippen molar-refractivity contribution in [2.45, 2.75) is 20.5 Å². The van der Waals surface area contributed by atoms with E-state index in [2.05, 4.69) is 26.5 Å². The molecule has 6 nitrogen and oxygen atoms in total. The lowest BCUT2D eigenvalue weighted by Gasteiger charge is -2.15. The number of benzene rings is 3. The zero-order valence-corrected chi connectivity index (χ0v) is 20.9. The highest BCUT2D eigenvalue weighted by molar-refractivity contribution is 9.10. The standard InChI is InChI=1S/C25H24BrClN2O4/c1-4-32-23-13-18(12-21(26)24(23)33-15-17-6-8-19(27)9-7-17)14-28-29-25(30)20-10-5-16(2)11-22(20)31-3/h5-14H,4,15H2,1-3H3,(H,29,30)/b28-14-. The monoisotopic (exact) mass is 530 g/mol. The minimum absolute atomic E-state index is 0.359. The third-order valence-electron chi connectivity index (χ3n) is 4.61. The fraction of sp³-hybridized carbons (Fsp3) is 0.200. The third-order valence-corrected chi connectivity index (χ3v) is 5.45. The molecule has 0 aliphatic heterocycles. The maximum Gasteiger partial charge on any atom is 0.275 e. The van der Waals surface area contributed by atoms with Crippen LogP contribution in [0.4, 0.5) is 0 Å². The molecule has 0 spiro atoms. The summed E-state index contributed by atoms with van der Waals surface area (Å²) in [6.07, 6.45) is 1.54. The van der Waals surface area contributed by atoms with Crippen molar-refractivity contribution in [1.82, 2.24) is 5.43 Å². The van der Waals surface area contributed by atoms with Gasteiger partial charge in [-0.3, -0.25) is 4.79 Å². The molecule has 0 aliphatic rings. The van der Waals surface area contributed by atoms with Gasteiger partial charge in [0.1, 0.15) is 12.4 Å². The summed E-state index contributed by atoms with van der Waals surface area (Å²) in [5.41, 5.74) is 5.64. The number of hydrogen-bond acceptors (Lipinski definition) is 5. The van der Waals surface area contributed by atoms with E-state index >= 15 is 0 Å². The van der Waals surface area contributed by atoms with Gasteiger partial charge in [0.2, 0.25) is 0 Å². The minimum Gasteiger partial charge on any atom is -0.496 e. The summed E-state index contributed by atoms with van der Waals surface area (Å²) in [6, 6.07) is 16.4. The fourth-order valence-electron chi connectivity index (χ4n) is 3.01. The Labute approximate surface area is 206 Å². The number of carbonyl (C=O) groups is 1. The van der Waals surface area contributed by atoms with Crippen LogP contribution in [0.2, 0.25) is 5.02 Å². The van der Waals surface area contributed by atoms with Crippen molar-refractivity contribution in [3.63, 3.8) is 0 Å². The van der Waals surface area contributed by atoms with Gasteiger partial charge in [0, 0.05) is 5.02 Å². The van der Waals surface area contributed by atoms with Gasteiger partial charge in [-0.2, -0.15) is 5.10 Å². The molecule has 0 saturated carbocycles. The normalized spacial score (nSPS) is 10.8. The summed E-state index contributed by atoms with van der Waals surface area (Å²) in [5.74, 6) is 1.27. The zero-order chi connectivity index (χ0) is 23.8. The lowest BCUT2D eigenvalue weighted by Crippen LogP contribution is -2.18. The first-order valence-electron chi connectivity index (χ1n) is 10.2. The summed E-state index contributed by atoms with van der Waals surface area (Å²) in [7, 11) is 1.53. The average molecular weight is 532 g/mol. The van der Waals surface area contributed by atoms with E-state index in [-0.39, 0.29) is 5.91 Å². The van der Waals surface area contributed by atoms with E-state index < -0.39 is 0 Å². The maximum absolute atomic E-state index is 12.5. The van der Waals surface area contributed by atoms with Crippen LogP contribution in [-0.4, -0.2) is 25.8 Å². The minimum atomic E-state index is -0.366. The molecule has 1 amide bonds. The molecule has 0 fully saturated rings. The van der Waals surface area contributed by atoms with Crippen molar-refractivity contribution >= 4 is 39.7 Å². The van der Waals surface area contributed by atoms with Gasteiger partial charge >= 0.3 is 0 Å². The van der Waals surface area contributed by atoms with Crippen molar-refractivity contribution in [3.8, 4) is 17.2 Å². The van der Waals surface area contributed by atoms with Gasteiger partial charge in [-0.1, -0.05) is 29.8 Å². The Kier molecular flexibility index (Phi) is 8.74. The van der Waals surface area contributed by atoms with E-state index in [1.165, 1.54) is 13.3 Å². The molecule has 0 radical (unpaired) electrons. The number of carbonyl (C=O) groups excluding carboxylic acids is 1. The number of hydrazone groups is 1. The number of ether oxygens (including phenoxy) is 3. The average Bonchev–Trinajstić information content (AvgIpc) is 2.79. The number of methoxy groups -OCH3 is 1. The first-order valence-corrected chi connectivity index (χ1v) is 11.4. The highest BCUT2D eigenvalue weighted by Gasteiger charge is 2.14. The number of rotatable bonds is 9. The number of aryl methyl sites for hydroxylation is 1. The van der Waals surface area contributed by atoms with Gasteiger partial charge < -0.3 is 14.2 Å². The number of nitrogens with one attached hydrogen (secondary N) is 1. The van der Waals surface area contributed by atoms with E-state index in [1.54, 1.807) is 18.2 Å². The van der Waals surface area contributed by atoms with Crippen molar-refractivity contribution in [3.05, 3.63) is 86.3 Å². The van der Waals surface area contributed by atoms with E-state index in [9.17, 15) is 4.79 Å². The van der Waals surface area contributed by atoms with Crippen molar-refractivity contribution in [1.29, 1.82) is 0 Å². The summed E-state index contributed by atoms with van der Waals surface area (Å²) >= 11 is 9.49. The summed E-state index contributed by atoms with van der Waals surface area (Å²) in [4.78, 5) is 12.5. The molecule has 0 atom stereocenters. The highest BCUT2D eigenvalue weighted by Crippen LogP contribution is 2.37. The Morgan fingerprint density at radius 2 is 1.85 bits per heavy atom. The van der Waals surface area contributed by atoms with Gasteiger partial charge in [0.15, 0.2) is 11.5 Å². The van der Waals surface area contributed by atoms with Crippen molar-refractivity contribution in [2.24, 2.45) is 5.10 Å². The Morgan fingerprint density at radius 1 is 1.09 bits per heavy atom. The van der Waals surface area contributed by atoms with E-state index in [1.807, 2.05) is 50.2 Å². The van der Waals surface area contributed by atoms with Gasteiger partial charge in [0.25, 0.3) is 5.91 Å². The quantitative estimate of drug-likeness (QED) is 0.265. The molecule has 172 valence electrons. The predicted octanol–water partition coefficient (Wildman–Crippen LogP) is 6.16. The van der Waals surface area contributed by atoms with Crippen LogP contribution in [0.5, 0.6) is 17.2 Å². The summed E-state index contributed by atoms with van der Waals surface area (Å²) in [5, 5.41) is 4.75. The number of nitrogens with zero attached hydrogens (tertiary/aromatic N) is 1. The SMILES string of the molecule is CCOc1cc(/C=N\NC(=O)c2ccc(C)cc2OC)cc(Br)c1OCc1ccc(Cl)cc1. The Bertz CT molecular complexity index is 1150. The van der Waals surface area contributed by atoms with Crippen LogP contribution in [0.15, 0.2) is 64.2 Å². The van der Waals surface area contributed by atoms with E-state index in [0.29, 0.717) is 45.5 Å². The molecule has 3 rings (SSSR count). The number of hydrogen-bond donors (Lipinski definition) is 1. The van der Waals surface area contributed by atoms with Crippen LogP contribution in [-0.2, 0) is 6.61 Å². The first-order chi connectivity index (χ1) is 15.9. The molecular weight excluding hydrogens is 508 g/mol. The summed E-state index contributed by atoms with van der Waals surface area (Å²) in [6.45, 7) is 4.65. The van der Waals surface area contributed by atoms with Gasteiger partial charge in [0.05, 0.1) is 30.0 Å². The lowest BCUT2D eigenvalue weighted by molar-refractivity contribution is 0.0952. The second kappa shape index (κ2) is 11.7. The van der Waals surface area contributed by atoms with Crippen LogP contribution in [0.3, 0.4) is 0 Å². The van der Waals surface area contributed by atoms with Crippen LogP contribution < -0.4 is 19.6 Å². The van der Waals surface area contributed by atoms with Gasteiger partial charge in [-0.25, -0.2) is 5.43 Å². The van der Waals surface area contributed by atoms with Crippen LogP contribution in [0.1, 0.15) is 34.0 Å². The molecule has 1 N–H and O–H groups in total. The Morgan fingerprint density at radius 3 is 2.55 bits per heavy atom. The largest absolute Gasteiger partial charge is 0.496 e. The van der Waals surface area contributed by atoms with Gasteiger partial charge in [-0.15, -0.1) is 0 Å². The molecule has 0 aromatic heterocycles. The smallest absolute Gasteiger partial charge is 0.275 e. The van der Waals surface area contributed by atoms with Crippen LogP contribution >= 0.6 is 27.5 Å². The lowest BCUT2D eigenvalue weighted by atomic mass is 10.1.